The number of amides is 1. The number of Topliss-reactive ketones (excluding diaryl/α,β-unsaturated/α-hetero) is 1. The van der Waals surface area contributed by atoms with Crippen LogP contribution in [-0.2, 0) is 11.2 Å². The van der Waals surface area contributed by atoms with Crippen molar-refractivity contribution >= 4 is 75.4 Å². The molecule has 1 saturated carbocycles. The van der Waals surface area contributed by atoms with Gasteiger partial charge in [-0.15, -0.1) is 28.3 Å². The van der Waals surface area contributed by atoms with Crippen LogP contribution in [0.25, 0.3) is 5.69 Å². The van der Waals surface area contributed by atoms with E-state index in [0.29, 0.717) is 21.3 Å². The summed E-state index contributed by atoms with van der Waals surface area (Å²) in [5, 5.41) is 11.7. The number of carbonyl (C=O) groups excluding carboxylic acids is 2. The maximum absolute atomic E-state index is 13.1. The summed E-state index contributed by atoms with van der Waals surface area (Å²) in [4.78, 5) is 26.1. The van der Waals surface area contributed by atoms with Crippen molar-refractivity contribution in [1.29, 1.82) is 0 Å². The number of nitrogens with zero attached hydrogens (tertiary/aromatic N) is 3. The van der Waals surface area contributed by atoms with Crippen molar-refractivity contribution < 1.29 is 9.59 Å². The molecule has 1 N–H and O–H groups in total. The monoisotopic (exact) mass is 592 g/mol. The van der Waals surface area contributed by atoms with Crippen LogP contribution in [0.2, 0.25) is 15.1 Å². The van der Waals surface area contributed by atoms with Crippen LogP contribution in [0.4, 0.5) is 5.69 Å². The molecular weight excluding hydrogens is 578 g/mol. The van der Waals surface area contributed by atoms with Crippen LogP contribution >= 0.6 is 58.0 Å². The maximum Gasteiger partial charge on any atom is 0.231 e. The minimum Gasteiger partial charge on any atom is -0.326 e. The van der Waals surface area contributed by atoms with Gasteiger partial charge in [-0.1, -0.05) is 52.1 Å². The molecule has 0 saturated heterocycles. The van der Waals surface area contributed by atoms with E-state index in [4.69, 9.17) is 58.0 Å². The van der Waals surface area contributed by atoms with Gasteiger partial charge >= 0.3 is 0 Å². The highest BCUT2D eigenvalue weighted by atomic mass is 35.5. The van der Waals surface area contributed by atoms with Crippen molar-refractivity contribution in [3.63, 3.8) is 0 Å². The molecule has 0 spiro atoms. The molecule has 188 valence electrons. The van der Waals surface area contributed by atoms with E-state index >= 15 is 0 Å². The van der Waals surface area contributed by atoms with Gasteiger partial charge in [0.25, 0.3) is 0 Å². The van der Waals surface area contributed by atoms with Crippen LogP contribution in [0.1, 0.15) is 27.4 Å². The molecule has 37 heavy (non-hydrogen) atoms. The van der Waals surface area contributed by atoms with E-state index in [1.807, 2.05) is 24.3 Å². The lowest BCUT2D eigenvalue weighted by Gasteiger charge is -2.10. The lowest BCUT2D eigenvalue weighted by Crippen LogP contribution is -2.17. The number of hydrogen-bond donors (Lipinski definition) is 1. The molecule has 0 radical (unpaired) electrons. The van der Waals surface area contributed by atoms with Gasteiger partial charge in [-0.2, -0.15) is 0 Å². The van der Waals surface area contributed by atoms with E-state index in [9.17, 15) is 9.59 Å². The number of nitrogens with one attached hydrogen (secondary N) is 1. The average Bonchev–Trinajstić information content (AvgIpc) is 3.16. The van der Waals surface area contributed by atoms with Gasteiger partial charge < -0.3 is 5.32 Å². The molecular formula is C26H17Cl5N4O2. The summed E-state index contributed by atoms with van der Waals surface area (Å²) in [5.41, 5.74) is 2.98. The molecule has 11 heteroatoms. The molecule has 0 aliphatic heterocycles. The Morgan fingerprint density at radius 2 is 1.65 bits per heavy atom. The molecule has 5 rings (SSSR count). The Kier molecular flexibility index (Phi) is 7.22. The predicted octanol–water partition coefficient (Wildman–Crippen LogP) is 7.18. The first-order valence-corrected chi connectivity index (χ1v) is 13.0. The predicted molar refractivity (Wildman–Crippen MR) is 147 cm³/mol. The van der Waals surface area contributed by atoms with Gasteiger partial charge in [-0.3, -0.25) is 9.59 Å². The topological polar surface area (TPSA) is 76.9 Å². The number of alkyl halides is 2. The fourth-order valence-electron chi connectivity index (χ4n) is 4.25. The van der Waals surface area contributed by atoms with Crippen LogP contribution in [0.15, 0.2) is 73.1 Å². The third-order valence-corrected chi connectivity index (χ3v) is 7.81. The smallest absolute Gasteiger partial charge is 0.231 e. The first-order chi connectivity index (χ1) is 17.6. The Balaban J connectivity index is 1.29. The Morgan fingerprint density at radius 3 is 2.30 bits per heavy atom. The fraction of sp³-hybridized carbons (Fsp3) is 0.154. The molecule has 1 aliphatic carbocycles. The van der Waals surface area contributed by atoms with Crippen LogP contribution in [0.3, 0.4) is 0 Å². The molecule has 1 aromatic heterocycles. The highest BCUT2D eigenvalue weighted by Gasteiger charge is 2.67. The van der Waals surface area contributed by atoms with Crippen molar-refractivity contribution in [2.45, 2.75) is 16.7 Å². The normalized spacial score (nSPS) is 17.9. The van der Waals surface area contributed by atoms with Gasteiger partial charge in [0, 0.05) is 33.6 Å². The Bertz CT molecular complexity index is 1470. The number of anilines is 1. The van der Waals surface area contributed by atoms with E-state index in [1.165, 1.54) is 0 Å². The number of aromatic nitrogens is 3. The SMILES string of the molecule is O=C(Cc1ccc(-n2ccnn2)cc1)c1cc(NC(=O)C2C(c3cc(Cl)cc(Cl)c3)C2(Cl)Cl)ccc1Cl. The number of hydrogen-bond acceptors (Lipinski definition) is 4. The standard InChI is InChI=1S/C26H17Cl5N4O2/c27-16-10-15(11-17(28)12-16)23-24(26(23,30)31)25(37)33-18-3-6-21(29)20(13-18)22(36)9-14-1-4-19(5-2-14)35-8-7-32-34-35/h1-8,10-13,23-24H,9H2,(H,33,37). The quantitative estimate of drug-likeness (QED) is 0.182. The van der Waals surface area contributed by atoms with Crippen molar-refractivity contribution in [3.05, 3.63) is 105 Å². The third kappa shape index (κ3) is 5.49. The molecule has 3 aromatic carbocycles. The van der Waals surface area contributed by atoms with Crippen LogP contribution in [0.5, 0.6) is 0 Å². The molecule has 1 heterocycles. The van der Waals surface area contributed by atoms with E-state index < -0.39 is 22.1 Å². The first-order valence-electron chi connectivity index (χ1n) is 11.1. The summed E-state index contributed by atoms with van der Waals surface area (Å²) in [5.74, 6) is -1.81. The van der Waals surface area contributed by atoms with Crippen molar-refractivity contribution in [3.8, 4) is 5.69 Å². The summed E-state index contributed by atoms with van der Waals surface area (Å²) in [6.07, 6.45) is 3.44. The minimum absolute atomic E-state index is 0.126. The second-order valence-corrected chi connectivity index (χ2v) is 11.4. The second-order valence-electron chi connectivity index (χ2n) is 8.63. The molecule has 1 amide bonds. The van der Waals surface area contributed by atoms with E-state index in [2.05, 4.69) is 15.6 Å². The van der Waals surface area contributed by atoms with Crippen molar-refractivity contribution in [1.82, 2.24) is 15.0 Å². The third-order valence-electron chi connectivity index (χ3n) is 6.10. The summed E-state index contributed by atoms with van der Waals surface area (Å²) in [7, 11) is 0. The highest BCUT2D eigenvalue weighted by Crippen LogP contribution is 2.65. The Hall–Kier alpha value is -2.61. The second kappa shape index (κ2) is 10.3. The summed E-state index contributed by atoms with van der Waals surface area (Å²) < 4.78 is 0.304. The molecule has 6 nitrogen and oxygen atoms in total. The van der Waals surface area contributed by atoms with Crippen LogP contribution in [-0.4, -0.2) is 31.0 Å². The van der Waals surface area contributed by atoms with Crippen LogP contribution < -0.4 is 5.32 Å². The molecule has 2 unspecified atom stereocenters. The molecule has 1 aliphatic rings. The van der Waals surface area contributed by atoms with Gasteiger partial charge in [0.05, 0.1) is 29.0 Å². The maximum atomic E-state index is 13.1. The zero-order valence-corrected chi connectivity index (χ0v) is 22.6. The van der Waals surface area contributed by atoms with Gasteiger partial charge in [0.1, 0.15) is 4.33 Å². The lowest BCUT2D eigenvalue weighted by atomic mass is 10.0. The number of ketones is 1. The van der Waals surface area contributed by atoms with Gasteiger partial charge in [-0.05, 0) is 59.7 Å². The zero-order chi connectivity index (χ0) is 26.3. The highest BCUT2D eigenvalue weighted by molar-refractivity contribution is 6.53. The van der Waals surface area contributed by atoms with E-state index in [1.54, 1.807) is 53.5 Å². The Labute approximate surface area is 237 Å². The van der Waals surface area contributed by atoms with Crippen LogP contribution in [0, 0.1) is 5.92 Å². The summed E-state index contributed by atoms with van der Waals surface area (Å²) in [6.45, 7) is 0. The van der Waals surface area contributed by atoms with Crippen molar-refractivity contribution in [2.24, 2.45) is 5.92 Å². The zero-order valence-electron chi connectivity index (χ0n) is 18.8. The van der Waals surface area contributed by atoms with E-state index in [0.717, 1.165) is 11.3 Å². The number of benzene rings is 3. The number of rotatable bonds is 7. The van der Waals surface area contributed by atoms with Crippen molar-refractivity contribution in [2.75, 3.05) is 5.32 Å². The minimum atomic E-state index is -1.32. The fourth-order valence-corrected chi connectivity index (χ4v) is 5.85. The van der Waals surface area contributed by atoms with E-state index in [-0.39, 0.29) is 22.8 Å². The van der Waals surface area contributed by atoms with Gasteiger partial charge in [0.15, 0.2) is 5.78 Å². The Morgan fingerprint density at radius 1 is 0.946 bits per heavy atom. The lowest BCUT2D eigenvalue weighted by molar-refractivity contribution is -0.117. The number of halogens is 5. The number of carbonyl (C=O) groups is 2. The summed E-state index contributed by atoms with van der Waals surface area (Å²) >= 11 is 31.4. The molecule has 4 aromatic rings. The molecule has 1 fully saturated rings. The largest absolute Gasteiger partial charge is 0.326 e. The molecule has 0 bridgehead atoms. The van der Waals surface area contributed by atoms with Gasteiger partial charge in [-0.25, -0.2) is 4.68 Å². The summed E-state index contributed by atoms with van der Waals surface area (Å²) in [6, 6.07) is 17.0. The average molecular weight is 595 g/mol. The van der Waals surface area contributed by atoms with Gasteiger partial charge in [0.2, 0.25) is 5.91 Å². The first kappa shape index (κ1) is 26.0. The molecule has 2 atom stereocenters.